The van der Waals surface area contributed by atoms with Gasteiger partial charge in [0.1, 0.15) is 0 Å². The summed E-state index contributed by atoms with van der Waals surface area (Å²) in [6.45, 7) is 0. The summed E-state index contributed by atoms with van der Waals surface area (Å²) in [6, 6.07) is 6.28. The number of ether oxygens (including phenoxy) is 1. The monoisotopic (exact) mass is 310 g/mol. The number of benzene rings is 1. The van der Waals surface area contributed by atoms with Crippen molar-refractivity contribution in [1.29, 1.82) is 0 Å². The fourth-order valence-corrected chi connectivity index (χ4v) is 4.51. The van der Waals surface area contributed by atoms with Crippen molar-refractivity contribution in [3.63, 3.8) is 0 Å². The van der Waals surface area contributed by atoms with E-state index in [1.165, 1.54) is 12.1 Å². The van der Waals surface area contributed by atoms with E-state index in [0.29, 0.717) is 5.56 Å². The fraction of sp³-hybridized carbons (Fsp3) is 0.500. The smallest absolute Gasteiger partial charge is 0.343 e. The van der Waals surface area contributed by atoms with E-state index in [0.717, 1.165) is 7.11 Å². The average Bonchev–Trinajstić information content (AvgIpc) is 2.91. The van der Waals surface area contributed by atoms with Gasteiger partial charge in [0.25, 0.3) is 0 Å². The van der Waals surface area contributed by atoms with Crippen LogP contribution in [0.3, 0.4) is 0 Å². The van der Waals surface area contributed by atoms with Gasteiger partial charge >= 0.3 is 5.97 Å². The highest BCUT2D eigenvalue weighted by Crippen LogP contribution is 2.40. The molecule has 2 radical (unpaired) electrons. The predicted molar refractivity (Wildman–Crippen MR) is 76.6 cm³/mol. The second-order valence-electron chi connectivity index (χ2n) is 5.22. The quantitative estimate of drug-likeness (QED) is 0.625. The third kappa shape index (κ3) is 2.97. The van der Waals surface area contributed by atoms with E-state index >= 15 is 0 Å². The van der Waals surface area contributed by atoms with Gasteiger partial charge in [0.15, 0.2) is 9.84 Å². The largest absolute Gasteiger partial charge is 0.467 e. The lowest BCUT2D eigenvalue weighted by molar-refractivity contribution is -0.154. The van der Waals surface area contributed by atoms with Crippen LogP contribution in [-0.2, 0) is 25.7 Å². The molecule has 2 unspecified atom stereocenters. The molecule has 0 N–H and O–H groups in total. The van der Waals surface area contributed by atoms with Crippen LogP contribution in [0.1, 0.15) is 24.8 Å². The van der Waals surface area contributed by atoms with Crippen LogP contribution in [0.15, 0.2) is 29.2 Å². The molecule has 2 atom stereocenters. The van der Waals surface area contributed by atoms with Crippen LogP contribution in [0.4, 0.5) is 4.39 Å². The normalized spacial score (nSPS) is 25.7. The summed E-state index contributed by atoms with van der Waals surface area (Å²) in [6.07, 6.45) is -0.182. The number of sulfone groups is 1. The molecule has 1 aliphatic rings. The van der Waals surface area contributed by atoms with Crippen LogP contribution in [0.25, 0.3) is 0 Å². The highest BCUT2D eigenvalue weighted by molar-refractivity contribution is 7.92. The lowest BCUT2D eigenvalue weighted by Gasteiger charge is -2.17. The van der Waals surface area contributed by atoms with Gasteiger partial charge < -0.3 is 4.74 Å². The fourth-order valence-electron chi connectivity index (χ4n) is 2.63. The third-order valence-electron chi connectivity index (χ3n) is 3.87. The number of hydrogen-bond acceptors (Lipinski definition) is 4. The van der Waals surface area contributed by atoms with Crippen molar-refractivity contribution < 1.29 is 22.3 Å². The standard InChI is InChI=1S/C14H16BFO4S/c1-20-13(17)14(16)6-5-12(8-14)21(18,19)11-4-2-3-10(7-11)9-15/h2-4,7,12H,5-6,8-9H2,1H3. The van der Waals surface area contributed by atoms with E-state index in [9.17, 15) is 17.6 Å². The Morgan fingerprint density at radius 3 is 2.86 bits per heavy atom. The molecule has 0 amide bonds. The predicted octanol–water partition coefficient (Wildman–Crippen LogP) is 1.56. The number of rotatable bonds is 4. The van der Waals surface area contributed by atoms with Crippen LogP contribution in [0.2, 0.25) is 0 Å². The minimum atomic E-state index is -3.69. The number of hydrogen-bond donors (Lipinski definition) is 0. The van der Waals surface area contributed by atoms with Gasteiger partial charge in [-0.15, -0.1) is 0 Å². The topological polar surface area (TPSA) is 60.4 Å². The molecule has 1 aliphatic carbocycles. The second-order valence-corrected chi connectivity index (χ2v) is 7.45. The first-order valence-electron chi connectivity index (χ1n) is 6.64. The number of carbonyl (C=O) groups excluding carboxylic acids is 1. The van der Waals surface area contributed by atoms with Gasteiger partial charge in [-0.2, -0.15) is 0 Å². The van der Waals surface area contributed by atoms with E-state index < -0.39 is 26.7 Å². The summed E-state index contributed by atoms with van der Waals surface area (Å²) >= 11 is 0. The van der Waals surface area contributed by atoms with Gasteiger partial charge in [0.05, 0.1) is 25.1 Å². The van der Waals surface area contributed by atoms with Crippen molar-refractivity contribution >= 4 is 23.7 Å². The van der Waals surface area contributed by atoms with Gasteiger partial charge in [-0.3, -0.25) is 0 Å². The van der Waals surface area contributed by atoms with E-state index in [1.807, 2.05) is 0 Å². The molecule has 0 aromatic heterocycles. The van der Waals surface area contributed by atoms with Gasteiger partial charge in [-0.25, -0.2) is 17.6 Å². The van der Waals surface area contributed by atoms with Crippen molar-refractivity contribution in [1.82, 2.24) is 0 Å². The van der Waals surface area contributed by atoms with Crippen molar-refractivity contribution in [3.05, 3.63) is 29.8 Å². The zero-order valence-corrected chi connectivity index (χ0v) is 12.5. The average molecular weight is 310 g/mol. The van der Waals surface area contributed by atoms with Crippen LogP contribution in [0.5, 0.6) is 0 Å². The summed E-state index contributed by atoms with van der Waals surface area (Å²) in [5.41, 5.74) is -1.52. The summed E-state index contributed by atoms with van der Waals surface area (Å²) in [5.74, 6) is -1.00. The highest BCUT2D eigenvalue weighted by Gasteiger charge is 2.51. The summed E-state index contributed by atoms with van der Waals surface area (Å²) < 4.78 is 43.9. The Bertz CT molecular complexity index is 646. The molecule has 112 valence electrons. The summed E-state index contributed by atoms with van der Waals surface area (Å²) in [7, 11) is 2.91. The van der Waals surface area contributed by atoms with Crippen molar-refractivity contribution in [2.24, 2.45) is 0 Å². The maximum Gasteiger partial charge on any atom is 0.343 e. The number of alkyl halides is 1. The minimum Gasteiger partial charge on any atom is -0.467 e. The molecule has 1 fully saturated rings. The molecule has 0 spiro atoms. The van der Waals surface area contributed by atoms with Gasteiger partial charge in [0.2, 0.25) is 5.67 Å². The molecule has 2 rings (SSSR count). The molecular formula is C14H16BFO4S. The van der Waals surface area contributed by atoms with Crippen LogP contribution < -0.4 is 0 Å². The van der Waals surface area contributed by atoms with E-state index in [2.05, 4.69) is 4.74 Å². The van der Waals surface area contributed by atoms with Crippen molar-refractivity contribution in [2.75, 3.05) is 7.11 Å². The maximum absolute atomic E-state index is 14.4. The molecule has 0 bridgehead atoms. The number of carbonyl (C=O) groups is 1. The SMILES string of the molecule is [B]Cc1cccc(S(=O)(=O)C2CCC(F)(C(=O)OC)C2)c1. The van der Waals surface area contributed by atoms with Crippen LogP contribution in [0, 0.1) is 0 Å². The van der Waals surface area contributed by atoms with Crippen LogP contribution >= 0.6 is 0 Å². The Kier molecular flexibility index (Phi) is 4.42. The van der Waals surface area contributed by atoms with E-state index in [-0.39, 0.29) is 30.5 Å². The van der Waals surface area contributed by atoms with Crippen molar-refractivity contribution in [2.45, 2.75) is 41.4 Å². The van der Waals surface area contributed by atoms with Crippen LogP contribution in [-0.4, -0.2) is 40.3 Å². The molecule has 1 aromatic rings. The first kappa shape index (κ1) is 16.0. The first-order chi connectivity index (χ1) is 9.83. The van der Waals surface area contributed by atoms with Gasteiger partial charge in [-0.1, -0.05) is 24.0 Å². The van der Waals surface area contributed by atoms with Gasteiger partial charge in [-0.05, 0) is 25.0 Å². The number of methoxy groups -OCH3 is 1. The molecule has 0 heterocycles. The summed E-state index contributed by atoms with van der Waals surface area (Å²) in [4.78, 5) is 11.6. The number of esters is 1. The molecule has 0 aliphatic heterocycles. The lowest BCUT2D eigenvalue weighted by Crippen LogP contribution is -2.33. The molecule has 4 nitrogen and oxygen atoms in total. The molecule has 1 aromatic carbocycles. The number of halogens is 1. The maximum atomic E-state index is 14.4. The lowest BCUT2D eigenvalue weighted by atomic mass is 9.97. The summed E-state index contributed by atoms with van der Waals surface area (Å²) in [5, 5.41) is -0.922. The van der Waals surface area contributed by atoms with Gasteiger partial charge in [0, 0.05) is 6.42 Å². The Labute approximate surface area is 125 Å². The van der Waals surface area contributed by atoms with E-state index in [1.54, 1.807) is 12.1 Å². The zero-order valence-electron chi connectivity index (χ0n) is 11.7. The Morgan fingerprint density at radius 2 is 2.24 bits per heavy atom. The van der Waals surface area contributed by atoms with Crippen molar-refractivity contribution in [3.8, 4) is 0 Å². The zero-order chi connectivity index (χ0) is 15.7. The Hall–Kier alpha value is -1.37. The highest BCUT2D eigenvalue weighted by atomic mass is 32.2. The second kappa shape index (κ2) is 5.79. The molecule has 7 heteroatoms. The minimum absolute atomic E-state index is 0.0980. The molecule has 21 heavy (non-hydrogen) atoms. The molecular weight excluding hydrogens is 294 g/mol. The first-order valence-corrected chi connectivity index (χ1v) is 8.18. The Balaban J connectivity index is 2.27. The Morgan fingerprint density at radius 1 is 1.52 bits per heavy atom. The third-order valence-corrected chi connectivity index (χ3v) is 6.06. The molecule has 1 saturated carbocycles. The molecule has 0 saturated heterocycles. The van der Waals surface area contributed by atoms with E-state index in [4.69, 9.17) is 7.85 Å².